The molecule has 1 heterocycles. The van der Waals surface area contributed by atoms with Gasteiger partial charge in [0.25, 0.3) is 5.91 Å². The van der Waals surface area contributed by atoms with E-state index in [1.807, 2.05) is 0 Å². The quantitative estimate of drug-likeness (QED) is 0.239. The zero-order valence-electron chi connectivity index (χ0n) is 25.1. The van der Waals surface area contributed by atoms with Crippen LogP contribution in [0.1, 0.15) is 32.3 Å². The van der Waals surface area contributed by atoms with E-state index in [4.69, 9.17) is 6.42 Å². The van der Waals surface area contributed by atoms with Crippen LogP contribution in [0.15, 0.2) is 53.4 Å². The van der Waals surface area contributed by atoms with Crippen molar-refractivity contribution in [3.8, 4) is 23.8 Å². The number of amides is 2. The van der Waals surface area contributed by atoms with Gasteiger partial charge in [0.2, 0.25) is 15.9 Å². The summed E-state index contributed by atoms with van der Waals surface area (Å²) in [5, 5.41) is 12.7. The van der Waals surface area contributed by atoms with Crippen LogP contribution in [-0.2, 0) is 26.0 Å². The molecule has 0 aliphatic carbocycles. The maximum atomic E-state index is 13.8. The van der Waals surface area contributed by atoms with Crippen molar-refractivity contribution < 1.29 is 41.4 Å². The van der Waals surface area contributed by atoms with Crippen molar-refractivity contribution in [3.63, 3.8) is 0 Å². The average molecular weight is 637 g/mol. The standard InChI is InChI=1S/C30H38F2N4O7S/c1-6-7-13-29(39)36(33-28(38)20-34(4)5)24(16-22-11-9-8-10-12-22)25(37)19-35(18-21(2)3)44(40,41)23-14-15-26-27(17-23)43-30(31,32)42-26/h1,8-12,14-15,17,21,24-25,37H,7,13,16,18-20H2,2-5H3,(H,33,38)/t24?,25-/m1/s1. The van der Waals surface area contributed by atoms with E-state index in [2.05, 4.69) is 20.8 Å². The van der Waals surface area contributed by atoms with E-state index in [-0.39, 0.29) is 48.9 Å². The average Bonchev–Trinajstić information content (AvgIpc) is 3.26. The zero-order valence-corrected chi connectivity index (χ0v) is 25.9. The first-order chi connectivity index (χ1) is 20.6. The van der Waals surface area contributed by atoms with E-state index >= 15 is 0 Å². The van der Waals surface area contributed by atoms with Gasteiger partial charge in [-0.15, -0.1) is 21.1 Å². The number of sulfonamides is 1. The van der Waals surface area contributed by atoms with E-state index in [0.717, 1.165) is 27.5 Å². The summed E-state index contributed by atoms with van der Waals surface area (Å²) in [4.78, 5) is 27.4. The van der Waals surface area contributed by atoms with Gasteiger partial charge in [-0.3, -0.25) is 15.0 Å². The molecule has 0 saturated heterocycles. The molecule has 0 fully saturated rings. The van der Waals surface area contributed by atoms with Gasteiger partial charge in [0.05, 0.1) is 23.6 Å². The molecule has 3 rings (SSSR count). The molecular weight excluding hydrogens is 598 g/mol. The number of rotatable bonds is 14. The Morgan fingerprint density at radius 1 is 1.07 bits per heavy atom. The lowest BCUT2D eigenvalue weighted by Crippen LogP contribution is -2.60. The van der Waals surface area contributed by atoms with Gasteiger partial charge in [-0.25, -0.2) is 13.4 Å². The topological polar surface area (TPSA) is 129 Å². The number of alkyl halides is 2. The van der Waals surface area contributed by atoms with Crippen LogP contribution < -0.4 is 14.9 Å². The monoisotopic (exact) mass is 636 g/mol. The van der Waals surface area contributed by atoms with Gasteiger partial charge >= 0.3 is 6.29 Å². The third-order valence-electron chi connectivity index (χ3n) is 6.49. The molecule has 1 aliphatic heterocycles. The van der Waals surface area contributed by atoms with Crippen LogP contribution >= 0.6 is 0 Å². The number of fused-ring (bicyclic) bond motifs is 1. The highest BCUT2D eigenvalue weighted by atomic mass is 32.2. The Morgan fingerprint density at radius 3 is 2.34 bits per heavy atom. The minimum atomic E-state index is -4.39. The summed E-state index contributed by atoms with van der Waals surface area (Å²) in [6.07, 6.45) is -0.0828. The highest BCUT2D eigenvalue weighted by molar-refractivity contribution is 7.89. The molecule has 2 atom stereocenters. The lowest BCUT2D eigenvalue weighted by Gasteiger charge is -2.37. The number of carbonyl (C=O) groups excluding carboxylic acids is 2. The minimum absolute atomic E-state index is 0.0555. The number of hydrazine groups is 1. The molecular formula is C30H38F2N4O7S. The summed E-state index contributed by atoms with van der Waals surface area (Å²) in [5.74, 6) is 0.316. The Bertz CT molecular complexity index is 1450. The van der Waals surface area contributed by atoms with Gasteiger partial charge in [0.1, 0.15) is 0 Å². The number of aliphatic hydroxyl groups is 1. The third-order valence-corrected chi connectivity index (χ3v) is 8.32. The third kappa shape index (κ3) is 9.36. The molecule has 2 aromatic rings. The molecule has 11 nitrogen and oxygen atoms in total. The van der Waals surface area contributed by atoms with Crippen LogP contribution in [0.2, 0.25) is 0 Å². The van der Waals surface area contributed by atoms with Gasteiger partial charge in [0.15, 0.2) is 11.5 Å². The Hall–Kier alpha value is -3.77. The molecule has 2 amide bonds. The lowest BCUT2D eigenvalue weighted by atomic mass is 9.99. The minimum Gasteiger partial charge on any atom is -0.395 e. The van der Waals surface area contributed by atoms with Gasteiger partial charge in [-0.1, -0.05) is 44.2 Å². The molecule has 2 N–H and O–H groups in total. The number of nitrogens with zero attached hydrogens (tertiary/aromatic N) is 3. The summed E-state index contributed by atoms with van der Waals surface area (Å²) in [7, 11) is -1.04. The van der Waals surface area contributed by atoms with Crippen molar-refractivity contribution in [2.45, 2.75) is 56.4 Å². The van der Waals surface area contributed by atoms with Crippen molar-refractivity contribution >= 4 is 21.8 Å². The van der Waals surface area contributed by atoms with Crippen LogP contribution in [0.5, 0.6) is 11.5 Å². The molecule has 240 valence electrons. The van der Waals surface area contributed by atoms with E-state index < -0.39 is 52.6 Å². The Balaban J connectivity index is 2.00. The summed E-state index contributed by atoms with van der Waals surface area (Å²) >= 11 is 0. The summed E-state index contributed by atoms with van der Waals surface area (Å²) in [6.45, 7) is 2.93. The second-order valence-corrected chi connectivity index (χ2v) is 13.0. The fourth-order valence-electron chi connectivity index (χ4n) is 4.59. The van der Waals surface area contributed by atoms with E-state index in [1.54, 1.807) is 63.2 Å². The predicted octanol–water partition coefficient (Wildman–Crippen LogP) is 2.46. The summed E-state index contributed by atoms with van der Waals surface area (Å²) in [5.41, 5.74) is 3.30. The van der Waals surface area contributed by atoms with Crippen molar-refractivity contribution in [1.29, 1.82) is 0 Å². The summed E-state index contributed by atoms with van der Waals surface area (Å²) < 4.78 is 64.7. The summed E-state index contributed by atoms with van der Waals surface area (Å²) in [6, 6.07) is 10.9. The number of carbonyl (C=O) groups is 2. The maximum Gasteiger partial charge on any atom is 0.586 e. The molecule has 44 heavy (non-hydrogen) atoms. The highest BCUT2D eigenvalue weighted by Gasteiger charge is 2.44. The molecule has 2 aromatic carbocycles. The highest BCUT2D eigenvalue weighted by Crippen LogP contribution is 2.42. The number of hydrogen-bond donors (Lipinski definition) is 2. The molecule has 1 unspecified atom stereocenters. The number of nitrogens with one attached hydrogen (secondary N) is 1. The number of benzene rings is 2. The molecule has 14 heteroatoms. The number of ether oxygens (including phenoxy) is 2. The molecule has 1 aliphatic rings. The van der Waals surface area contributed by atoms with E-state index in [9.17, 15) is 31.9 Å². The first-order valence-corrected chi connectivity index (χ1v) is 15.4. The van der Waals surface area contributed by atoms with Gasteiger partial charge < -0.3 is 19.5 Å². The first kappa shape index (κ1) is 34.7. The number of halogens is 2. The zero-order chi connectivity index (χ0) is 32.7. The first-order valence-electron chi connectivity index (χ1n) is 13.9. The number of likely N-dealkylation sites (N-methyl/N-ethyl adjacent to an activating group) is 1. The van der Waals surface area contributed by atoms with Crippen LogP contribution in [0, 0.1) is 18.3 Å². The second kappa shape index (κ2) is 14.8. The van der Waals surface area contributed by atoms with Crippen LogP contribution in [0.3, 0.4) is 0 Å². The molecule has 0 aromatic heterocycles. The smallest absolute Gasteiger partial charge is 0.395 e. The fraction of sp³-hybridized carbons (Fsp3) is 0.467. The normalized spacial score (nSPS) is 15.2. The van der Waals surface area contributed by atoms with Crippen molar-refractivity contribution in [3.05, 3.63) is 54.1 Å². The van der Waals surface area contributed by atoms with Gasteiger partial charge in [-0.05, 0) is 44.1 Å². The molecule has 0 spiro atoms. The van der Waals surface area contributed by atoms with E-state index in [1.165, 1.54) is 0 Å². The Labute approximate surface area is 256 Å². The number of aliphatic hydroxyl groups excluding tert-OH is 1. The predicted molar refractivity (Wildman–Crippen MR) is 158 cm³/mol. The fourth-order valence-corrected chi connectivity index (χ4v) is 6.23. The maximum absolute atomic E-state index is 13.8. The van der Waals surface area contributed by atoms with Crippen molar-refractivity contribution in [2.75, 3.05) is 33.7 Å². The van der Waals surface area contributed by atoms with Crippen molar-refractivity contribution in [2.24, 2.45) is 5.92 Å². The largest absolute Gasteiger partial charge is 0.586 e. The van der Waals surface area contributed by atoms with Gasteiger partial charge in [0, 0.05) is 32.0 Å². The van der Waals surface area contributed by atoms with Crippen LogP contribution in [0.25, 0.3) is 0 Å². The Morgan fingerprint density at radius 2 is 1.73 bits per heavy atom. The number of hydrogen-bond acceptors (Lipinski definition) is 8. The van der Waals surface area contributed by atoms with Gasteiger partial charge in [-0.2, -0.15) is 4.31 Å². The molecule has 0 bridgehead atoms. The van der Waals surface area contributed by atoms with E-state index in [0.29, 0.717) is 5.56 Å². The van der Waals surface area contributed by atoms with Crippen LogP contribution in [0.4, 0.5) is 8.78 Å². The van der Waals surface area contributed by atoms with Crippen LogP contribution in [-0.4, -0.2) is 91.7 Å². The lowest BCUT2D eigenvalue weighted by molar-refractivity contribution is -0.286. The van der Waals surface area contributed by atoms with Crippen molar-refractivity contribution in [1.82, 2.24) is 19.6 Å². The Kier molecular flexibility index (Phi) is 11.7. The molecule has 0 saturated carbocycles. The second-order valence-electron chi connectivity index (χ2n) is 11.1. The number of terminal acetylenes is 1. The SMILES string of the molecule is C#CCCC(=O)N(NC(=O)CN(C)C)C(Cc1ccccc1)[C@H](O)CN(CC(C)C)S(=O)(=O)c1ccc2c(c1)OC(F)(F)O2. The molecule has 0 radical (unpaired) electrons.